The van der Waals surface area contributed by atoms with Crippen LogP contribution < -0.4 is 20.3 Å². The first-order valence-corrected chi connectivity index (χ1v) is 17.0. The van der Waals surface area contributed by atoms with Crippen molar-refractivity contribution in [2.45, 2.75) is 32.7 Å². The number of nitrogens with zero attached hydrogens (tertiary/aromatic N) is 3. The number of unbranched alkanes of at least 4 members (excludes halogenated alkanes) is 1. The molecule has 0 amide bonds. The molecule has 0 aliphatic heterocycles. The third kappa shape index (κ3) is 8.42. The topological polar surface area (TPSA) is 119 Å². The van der Waals surface area contributed by atoms with Crippen molar-refractivity contribution >= 4 is 21.9 Å². The van der Waals surface area contributed by atoms with Crippen molar-refractivity contribution in [1.29, 1.82) is 0 Å². The van der Waals surface area contributed by atoms with E-state index in [1.807, 2.05) is 92.0 Å². The van der Waals surface area contributed by atoms with Crippen molar-refractivity contribution in [3.05, 3.63) is 141 Å². The number of para-hydroxylation sites is 1. The molecule has 4 aromatic carbocycles. The Labute approximate surface area is 293 Å². The van der Waals surface area contributed by atoms with Gasteiger partial charge in [-0.1, -0.05) is 29.0 Å². The van der Waals surface area contributed by atoms with E-state index < -0.39 is 0 Å². The summed E-state index contributed by atoms with van der Waals surface area (Å²) in [7, 11) is 0. The zero-order valence-corrected chi connectivity index (χ0v) is 28.2. The Morgan fingerprint density at radius 3 is 2.02 bits per heavy atom. The van der Waals surface area contributed by atoms with Crippen LogP contribution in [0.4, 0.5) is 0 Å². The molecule has 0 aliphatic rings. The Kier molecular flexibility index (Phi) is 10.3. The largest absolute Gasteiger partial charge is 0.494 e. The van der Waals surface area contributed by atoms with Crippen LogP contribution in [0.25, 0.3) is 44.6 Å². The van der Waals surface area contributed by atoms with Gasteiger partial charge >= 0.3 is 0 Å². The van der Waals surface area contributed by atoms with Crippen LogP contribution in [0.3, 0.4) is 0 Å². The molecule has 0 saturated carbocycles. The molecule has 7 rings (SSSR count). The fourth-order valence-corrected chi connectivity index (χ4v) is 5.73. The van der Waals surface area contributed by atoms with Crippen LogP contribution in [0.1, 0.15) is 24.1 Å². The number of rotatable bonds is 15. The van der Waals surface area contributed by atoms with E-state index in [2.05, 4.69) is 10.3 Å². The fourth-order valence-electron chi connectivity index (χ4n) is 5.73. The molecule has 0 saturated heterocycles. The molecule has 0 aliphatic carbocycles. The molecule has 0 unspecified atom stereocenters. The average molecular weight is 684 g/mol. The number of benzene rings is 4. The molecule has 3 aromatic heterocycles. The Morgan fingerprint density at radius 1 is 0.647 bits per heavy atom. The van der Waals surface area contributed by atoms with Gasteiger partial charge in [-0.15, -0.1) is 5.10 Å². The average Bonchev–Trinajstić information content (AvgIpc) is 3.61. The van der Waals surface area contributed by atoms with E-state index in [0.29, 0.717) is 72.2 Å². The summed E-state index contributed by atoms with van der Waals surface area (Å²) in [6.45, 7) is 4.47. The second-order valence-corrected chi connectivity index (χ2v) is 12.2. The lowest BCUT2D eigenvalue weighted by atomic mass is 10.1. The minimum absolute atomic E-state index is 0.0535. The number of hydrogen-bond donors (Lipinski definition) is 0. The van der Waals surface area contributed by atoms with Crippen LogP contribution >= 0.6 is 0 Å². The molecule has 0 bridgehead atoms. The van der Waals surface area contributed by atoms with E-state index in [1.165, 1.54) is 12.1 Å². The summed E-state index contributed by atoms with van der Waals surface area (Å²) in [4.78, 5) is 25.0. The molecule has 0 radical (unpaired) electrons. The summed E-state index contributed by atoms with van der Waals surface area (Å²) in [5.74, 6) is 2.52. The van der Waals surface area contributed by atoms with Gasteiger partial charge < -0.3 is 23.0 Å². The van der Waals surface area contributed by atoms with Crippen LogP contribution in [0.15, 0.2) is 128 Å². The zero-order chi connectivity index (χ0) is 35.0. The fraction of sp³-hybridized carbons (Fsp3) is 0.220. The van der Waals surface area contributed by atoms with Gasteiger partial charge in [0.05, 0.1) is 42.8 Å². The lowest BCUT2D eigenvalue weighted by molar-refractivity contribution is 0.0923. The van der Waals surface area contributed by atoms with E-state index in [1.54, 1.807) is 16.8 Å². The highest BCUT2D eigenvalue weighted by Crippen LogP contribution is 2.26. The second-order valence-electron chi connectivity index (χ2n) is 12.2. The van der Waals surface area contributed by atoms with E-state index >= 15 is 0 Å². The van der Waals surface area contributed by atoms with Gasteiger partial charge in [0.1, 0.15) is 40.8 Å². The van der Waals surface area contributed by atoms with E-state index in [9.17, 15) is 9.59 Å². The molecule has 0 N–H and O–H groups in total. The van der Waals surface area contributed by atoms with Crippen molar-refractivity contribution in [3.8, 4) is 34.1 Å². The van der Waals surface area contributed by atoms with Gasteiger partial charge in [-0.3, -0.25) is 9.59 Å². The normalized spacial score (nSPS) is 11.3. The molecule has 7 aromatic rings. The quantitative estimate of drug-likeness (QED) is 0.101. The smallest absolute Gasteiger partial charge is 0.193 e. The molecule has 10 heteroatoms. The van der Waals surface area contributed by atoms with Gasteiger partial charge in [-0.25, -0.2) is 4.68 Å². The van der Waals surface area contributed by atoms with Gasteiger partial charge in [-0.05, 0) is 99.0 Å². The number of hydrogen-bond acceptors (Lipinski definition) is 9. The van der Waals surface area contributed by atoms with Gasteiger partial charge in [0.15, 0.2) is 10.9 Å². The highest BCUT2D eigenvalue weighted by molar-refractivity contribution is 5.80. The number of aryl methyl sites for hydroxylation is 2. The Hall–Kier alpha value is -6.00. The monoisotopic (exact) mass is 683 g/mol. The maximum absolute atomic E-state index is 12.6. The van der Waals surface area contributed by atoms with Gasteiger partial charge in [0.2, 0.25) is 0 Å². The highest BCUT2D eigenvalue weighted by atomic mass is 16.5. The van der Waals surface area contributed by atoms with Gasteiger partial charge in [0, 0.05) is 29.5 Å². The van der Waals surface area contributed by atoms with Crippen LogP contribution in [-0.4, -0.2) is 41.4 Å². The molecule has 10 nitrogen and oxygen atoms in total. The van der Waals surface area contributed by atoms with Crippen molar-refractivity contribution < 1.29 is 23.0 Å². The first-order valence-electron chi connectivity index (χ1n) is 17.0. The summed E-state index contributed by atoms with van der Waals surface area (Å²) in [5.41, 5.74) is 4.60. The SMILES string of the molecule is Cc1ccc2oc(-c3ccc(OCCCCc4cn(CCOCCOc5ccc(-c6cc(=O)c7ccccc7o6)cc5)nn4)cc3)cc(=O)c2c1. The summed E-state index contributed by atoms with van der Waals surface area (Å²) >= 11 is 0. The molecule has 0 atom stereocenters. The van der Waals surface area contributed by atoms with Crippen LogP contribution in [0, 0.1) is 6.92 Å². The first-order chi connectivity index (χ1) is 25.0. The van der Waals surface area contributed by atoms with Gasteiger partial charge in [0.25, 0.3) is 0 Å². The minimum Gasteiger partial charge on any atom is -0.494 e. The Bertz CT molecular complexity index is 2360. The van der Waals surface area contributed by atoms with Crippen molar-refractivity contribution in [2.75, 3.05) is 26.4 Å². The molecule has 0 spiro atoms. The Balaban J connectivity index is 0.770. The van der Waals surface area contributed by atoms with Crippen molar-refractivity contribution in [1.82, 2.24) is 15.0 Å². The molecule has 0 fully saturated rings. The summed E-state index contributed by atoms with van der Waals surface area (Å²) in [6, 6.07) is 30.9. The maximum Gasteiger partial charge on any atom is 0.193 e. The van der Waals surface area contributed by atoms with Crippen LogP contribution in [0.2, 0.25) is 0 Å². The second kappa shape index (κ2) is 15.7. The Morgan fingerprint density at radius 2 is 1.29 bits per heavy atom. The van der Waals surface area contributed by atoms with Crippen molar-refractivity contribution in [3.63, 3.8) is 0 Å². The number of aromatic nitrogens is 3. The van der Waals surface area contributed by atoms with E-state index in [4.69, 9.17) is 23.0 Å². The van der Waals surface area contributed by atoms with Crippen LogP contribution in [0.5, 0.6) is 11.5 Å². The van der Waals surface area contributed by atoms with E-state index in [0.717, 1.165) is 47.4 Å². The summed E-state index contributed by atoms with van der Waals surface area (Å²) < 4.78 is 31.2. The zero-order valence-electron chi connectivity index (χ0n) is 28.2. The van der Waals surface area contributed by atoms with Crippen molar-refractivity contribution in [2.24, 2.45) is 0 Å². The van der Waals surface area contributed by atoms with Gasteiger partial charge in [-0.2, -0.15) is 0 Å². The minimum atomic E-state index is -0.0694. The standard InChI is InChI=1S/C41H37N3O7/c1-28-9-18-39-35(24-28)37(46)26-41(51-39)30-10-14-32(15-11-30)48-20-5-4-6-31-27-44(43-42-31)19-21-47-22-23-49-33-16-12-29(13-17-33)40-25-36(45)34-7-2-3-8-38(34)50-40/h2-3,7-18,24-27H,4-6,19-23H2,1H3. The summed E-state index contributed by atoms with van der Waals surface area (Å²) in [6.07, 6.45) is 4.55. The lowest BCUT2D eigenvalue weighted by Crippen LogP contribution is -2.11. The number of fused-ring (bicyclic) bond motifs is 2. The third-order valence-electron chi connectivity index (χ3n) is 8.44. The molecular weight excluding hydrogens is 646 g/mol. The maximum atomic E-state index is 12.6. The molecule has 258 valence electrons. The van der Waals surface area contributed by atoms with Crippen LogP contribution in [-0.2, 0) is 17.7 Å². The van der Waals surface area contributed by atoms with E-state index in [-0.39, 0.29) is 10.9 Å². The molecular formula is C41H37N3O7. The third-order valence-corrected chi connectivity index (χ3v) is 8.44. The molecule has 51 heavy (non-hydrogen) atoms. The lowest BCUT2D eigenvalue weighted by Gasteiger charge is -2.08. The predicted molar refractivity (Wildman–Crippen MR) is 195 cm³/mol. The first kappa shape index (κ1) is 33.5. The summed E-state index contributed by atoms with van der Waals surface area (Å²) in [5, 5.41) is 9.65. The molecule has 3 heterocycles. The number of ether oxygens (including phenoxy) is 3. The predicted octanol–water partition coefficient (Wildman–Crippen LogP) is 7.63. The highest BCUT2D eigenvalue weighted by Gasteiger charge is 2.09.